The van der Waals surface area contributed by atoms with E-state index in [0.717, 1.165) is 173 Å². The number of carbonyl (C=O) groups excluding carboxylic acids is 3. The van der Waals surface area contributed by atoms with Crippen molar-refractivity contribution in [3.63, 3.8) is 0 Å². The van der Waals surface area contributed by atoms with E-state index in [1.165, 1.54) is 57.0 Å². The first-order valence-corrected chi connectivity index (χ1v) is 45.6. The van der Waals surface area contributed by atoms with Crippen LogP contribution in [-0.2, 0) is 12.4 Å². The number of nitrogens with one attached hydrogen (secondary N) is 7. The predicted octanol–water partition coefficient (Wildman–Crippen LogP) is 17.2. The number of alkyl halides is 6. The van der Waals surface area contributed by atoms with Gasteiger partial charge in [-0.25, -0.2) is 28.7 Å². The molecule has 134 heavy (non-hydrogen) atoms. The van der Waals surface area contributed by atoms with Crippen LogP contribution in [0.3, 0.4) is 0 Å². The van der Waals surface area contributed by atoms with Crippen LogP contribution in [0.4, 0.5) is 105 Å². The van der Waals surface area contributed by atoms with Gasteiger partial charge in [0.25, 0.3) is 17.7 Å². The molecular formula is C91H103F8N31O4. The number of amides is 3. The van der Waals surface area contributed by atoms with Gasteiger partial charge in [-0.15, -0.1) is 40.8 Å². The van der Waals surface area contributed by atoms with Gasteiger partial charge in [0.1, 0.15) is 65.4 Å². The zero-order valence-corrected chi connectivity index (χ0v) is 75.1. The Morgan fingerprint density at radius 1 is 0.388 bits per heavy atom. The molecule has 8 aliphatic rings. The van der Waals surface area contributed by atoms with E-state index in [4.69, 9.17) is 14.7 Å². The lowest BCUT2D eigenvalue weighted by molar-refractivity contribution is -0.138. The van der Waals surface area contributed by atoms with E-state index in [-0.39, 0.29) is 88.2 Å². The molecule has 3 amide bonds. The summed E-state index contributed by atoms with van der Waals surface area (Å²) in [6.45, 7) is 13.2. The highest BCUT2D eigenvalue weighted by Crippen LogP contribution is 2.50. The number of halogens is 8. The second kappa shape index (κ2) is 39.3. The number of carbonyl (C=O) groups is 3. The molecule has 8 aromatic heterocycles. The fourth-order valence-corrected chi connectivity index (χ4v) is 19.5. The van der Waals surface area contributed by atoms with Crippen molar-refractivity contribution in [1.29, 1.82) is 0 Å². The number of aromatic nitrogens is 20. The Bertz CT molecular complexity index is 6240. The van der Waals surface area contributed by atoms with Gasteiger partial charge in [0.05, 0.1) is 89.9 Å². The van der Waals surface area contributed by atoms with Crippen LogP contribution in [-0.4, -0.2) is 168 Å². The van der Waals surface area contributed by atoms with Gasteiger partial charge in [0, 0.05) is 61.0 Å². The molecule has 702 valence electrons. The van der Waals surface area contributed by atoms with E-state index in [1.54, 1.807) is 69.2 Å². The molecule has 12 aromatic rings. The van der Waals surface area contributed by atoms with Crippen molar-refractivity contribution in [2.24, 2.45) is 0 Å². The maximum Gasteiger partial charge on any atom is 0.418 e. The number of methoxy groups -OCH3 is 1. The van der Waals surface area contributed by atoms with E-state index < -0.39 is 41.0 Å². The van der Waals surface area contributed by atoms with Gasteiger partial charge >= 0.3 is 12.4 Å². The Balaban J connectivity index is 0.000000124. The van der Waals surface area contributed by atoms with Crippen molar-refractivity contribution in [2.75, 3.05) is 68.1 Å². The molecule has 4 aliphatic heterocycles. The highest BCUT2D eigenvalue weighted by atomic mass is 19.4. The lowest BCUT2D eigenvalue weighted by Gasteiger charge is -2.40. The van der Waals surface area contributed by atoms with Crippen molar-refractivity contribution in [3.8, 4) is 28.5 Å². The fraction of sp³-hybridized carbons (Fsp3) is 0.440. The van der Waals surface area contributed by atoms with Gasteiger partial charge in [0.15, 0.2) is 46.6 Å². The van der Waals surface area contributed by atoms with Crippen molar-refractivity contribution in [1.82, 2.24) is 115 Å². The summed E-state index contributed by atoms with van der Waals surface area (Å²) in [6.07, 6.45) is 25.4. The topological polar surface area (TPSA) is 384 Å². The number of nitrogens with zero attached hydrogens (tertiary/aromatic N) is 24. The minimum atomic E-state index is -4.68. The van der Waals surface area contributed by atoms with Gasteiger partial charge in [-0.1, -0.05) is 79.1 Å². The summed E-state index contributed by atoms with van der Waals surface area (Å²) in [6, 6.07) is 16.8. The van der Waals surface area contributed by atoms with E-state index in [2.05, 4.69) is 155 Å². The van der Waals surface area contributed by atoms with Gasteiger partial charge < -0.3 is 61.6 Å². The molecular weight excluding hydrogens is 1740 g/mol. The molecule has 0 spiro atoms. The van der Waals surface area contributed by atoms with Crippen molar-refractivity contribution < 1.29 is 54.2 Å². The highest BCUT2D eigenvalue weighted by Gasteiger charge is 2.45. The lowest BCUT2D eigenvalue weighted by atomic mass is 10.0. The number of benzene rings is 4. The van der Waals surface area contributed by atoms with Crippen molar-refractivity contribution >= 4 is 87.5 Å². The van der Waals surface area contributed by atoms with Crippen LogP contribution in [0.5, 0.6) is 5.75 Å². The van der Waals surface area contributed by atoms with Gasteiger partial charge in [-0.3, -0.25) is 32.7 Å². The first-order valence-electron chi connectivity index (χ1n) is 45.6. The number of hydrogen-bond acceptors (Lipinski definition) is 28. The molecule has 0 bridgehead atoms. The van der Waals surface area contributed by atoms with E-state index in [9.17, 15) is 49.5 Å². The maximum absolute atomic E-state index is 14.7. The normalized spacial score (nSPS) is 17.8. The van der Waals surface area contributed by atoms with Crippen LogP contribution in [0.2, 0.25) is 0 Å². The smallest absolute Gasteiger partial charge is 0.418 e. The molecule has 35 nitrogen and oxygen atoms in total. The molecule has 4 atom stereocenters. The second-order valence-electron chi connectivity index (χ2n) is 33.8. The zero-order chi connectivity index (χ0) is 93.8. The van der Waals surface area contributed by atoms with Crippen LogP contribution in [0.1, 0.15) is 260 Å². The minimum absolute atomic E-state index is 0.0151. The van der Waals surface area contributed by atoms with Crippen LogP contribution in [0.15, 0.2) is 123 Å². The summed E-state index contributed by atoms with van der Waals surface area (Å²) < 4.78 is 122. The molecule has 4 fully saturated rings. The van der Waals surface area contributed by atoms with E-state index in [0.29, 0.717) is 77.5 Å². The SMILES string of the molecule is CCNC(=O)c1ccc(Nc2ncc3c(n2)N(C2CCCC2)[C@H](CC)c2nncn2-3)c(F)c1.CCNC(=O)c1ccc(Nc2ncc3c(n2)N(C2CCCC2)[C@H](CC)c2nncn2-3)c(OC)c1.CC[C@@H]1c2nncn2-c2cnc(Nc3ccc(C(=O)NC)cc3C(F)(F)F)nc2N1C1CCCC1.CC[C@@H]1c2nncn2-c2cnc(Nc3ccc(C(F)(F)F)cc3F)nc2N1C1CCCC1. The molecule has 0 radical (unpaired) electrons. The molecule has 4 saturated carbocycles. The monoisotopic (exact) mass is 1850 g/mol. The summed E-state index contributed by atoms with van der Waals surface area (Å²) in [5.41, 5.74) is 2.37. The van der Waals surface area contributed by atoms with Crippen molar-refractivity contribution in [2.45, 2.75) is 231 Å². The predicted molar refractivity (Wildman–Crippen MR) is 484 cm³/mol. The largest absolute Gasteiger partial charge is 0.495 e. The van der Waals surface area contributed by atoms with Crippen LogP contribution >= 0.6 is 0 Å². The van der Waals surface area contributed by atoms with Crippen LogP contribution in [0.25, 0.3) is 22.7 Å². The average molecular weight is 1850 g/mol. The molecule has 4 aliphatic carbocycles. The standard InChI is InChI=1S/C24H30N8O2.C23H25F3N8O.C23H27FN8O.C21H21F4N7/c1-4-18-22-30-27-14-31(22)19-13-26-24(29-21(19)32(18)16-8-6-7-9-16)28-17-11-10-15(12-20(17)34-3)23(33)25-5-2;1-3-17-20-32-29-12-33(20)18-11-28-22(31-19(18)34(17)14-6-4-5-7-14)30-16-9-8-13(21(35)27-2)10-15(16)23(24,25)26;1-3-18-21-30-27-13-31(21)19-12-26-23(29-20(19)32(18)15-7-5-6-8-15)28-17-10-9-14(11-16(17)24)22(33)25-4-2;1-2-16-19-30-27-11-31(19)17-10-26-20(29-18(17)32(16)13-5-3-4-6-13)28-15-8-7-12(9-14(15)22)21(23,24)25/h10-14,16,18H,4-9H2,1-3H3,(H,25,33)(H,26,28,29);8-12,14,17H,3-7H2,1-2H3,(H,27,35)(H,28,30,31);9-13,15,18H,3-8H2,1-2H3,(H,25,33)(H,26,28,29);7-11,13,16H,2-6H2,1H3,(H,26,28,29)/t18-;17-;18-;16-/m1111/s1. The molecule has 0 saturated heterocycles. The van der Waals surface area contributed by atoms with Crippen LogP contribution in [0, 0.1) is 11.6 Å². The summed E-state index contributed by atoms with van der Waals surface area (Å²) in [7, 11) is 2.94. The summed E-state index contributed by atoms with van der Waals surface area (Å²) in [5.74, 6) is 5.33. The van der Waals surface area contributed by atoms with Gasteiger partial charge in [0.2, 0.25) is 23.8 Å². The molecule has 12 heterocycles. The summed E-state index contributed by atoms with van der Waals surface area (Å²) in [5, 5.41) is 53.5. The third-order valence-electron chi connectivity index (χ3n) is 25.7. The number of fused-ring (bicyclic) bond motifs is 12. The molecule has 7 N–H and O–H groups in total. The number of hydrogen-bond donors (Lipinski definition) is 7. The van der Waals surface area contributed by atoms with Gasteiger partial charge in [-0.05, 0) is 164 Å². The Hall–Kier alpha value is -14.2. The Kier molecular flexibility index (Phi) is 26.9. The summed E-state index contributed by atoms with van der Waals surface area (Å²) >= 11 is 0. The van der Waals surface area contributed by atoms with E-state index in [1.807, 2.05) is 44.4 Å². The fourth-order valence-electron chi connectivity index (χ4n) is 19.5. The molecule has 43 heteroatoms. The molecule has 0 unspecified atom stereocenters. The Morgan fingerprint density at radius 2 is 0.694 bits per heavy atom. The van der Waals surface area contributed by atoms with Crippen LogP contribution < -0.4 is 61.6 Å². The lowest BCUT2D eigenvalue weighted by Crippen LogP contribution is -2.42. The number of rotatable bonds is 22. The maximum atomic E-state index is 14.7. The third kappa shape index (κ3) is 18.4. The highest BCUT2D eigenvalue weighted by molar-refractivity contribution is 5.96. The zero-order valence-electron chi connectivity index (χ0n) is 75.1. The Labute approximate surface area is 766 Å². The third-order valence-corrected chi connectivity index (χ3v) is 25.7. The molecule has 4 aromatic carbocycles. The number of ether oxygens (including phenoxy) is 1. The van der Waals surface area contributed by atoms with Gasteiger partial charge in [-0.2, -0.15) is 46.3 Å². The summed E-state index contributed by atoms with van der Waals surface area (Å²) in [4.78, 5) is 82.1. The number of anilines is 12. The first kappa shape index (κ1) is 91.7. The second-order valence-corrected chi connectivity index (χ2v) is 33.8. The average Bonchev–Trinajstić information content (AvgIpc) is 1.51. The molecule has 20 rings (SSSR count). The van der Waals surface area contributed by atoms with Crippen molar-refractivity contribution in [3.05, 3.63) is 186 Å². The van der Waals surface area contributed by atoms with E-state index >= 15 is 0 Å². The first-order chi connectivity index (χ1) is 64.9. The Morgan fingerprint density at radius 3 is 1.00 bits per heavy atom. The minimum Gasteiger partial charge on any atom is -0.495 e. The quantitative estimate of drug-likeness (QED) is 0.0310.